The Morgan fingerprint density at radius 2 is 1.14 bits per heavy atom. The van der Waals surface area contributed by atoms with Crippen LogP contribution in [-0.4, -0.2) is 38.8 Å². The molecule has 0 aromatic heterocycles. The van der Waals surface area contributed by atoms with Crippen LogP contribution >= 0.6 is 0 Å². The van der Waals surface area contributed by atoms with Crippen molar-refractivity contribution in [1.29, 1.82) is 0 Å². The van der Waals surface area contributed by atoms with Gasteiger partial charge in [0.05, 0.1) is 0 Å². The summed E-state index contributed by atoms with van der Waals surface area (Å²) in [5.74, 6) is 0. The normalized spacial score (nSPS) is 31.5. The summed E-state index contributed by atoms with van der Waals surface area (Å²) in [6, 6.07) is 8.71. The van der Waals surface area contributed by atoms with E-state index in [1.165, 1.54) is 11.4 Å². The van der Waals surface area contributed by atoms with Crippen LogP contribution in [0.3, 0.4) is 0 Å². The van der Waals surface area contributed by atoms with Gasteiger partial charge in [0, 0.05) is 38.7 Å². The van der Waals surface area contributed by atoms with Crippen molar-refractivity contribution < 1.29 is 9.47 Å². The standard InChI is InChI=1S/C18H28N2O2/c1-17(11-5-13-21-17)19(3)15-7-9-16(10-8-15)20(4)18(2)12-6-14-22-18/h7-10H,5-6,11-14H2,1-4H3. The Kier molecular flexibility index (Phi) is 4.08. The molecule has 0 amide bonds. The molecule has 0 saturated carbocycles. The van der Waals surface area contributed by atoms with E-state index in [9.17, 15) is 0 Å². The minimum Gasteiger partial charge on any atom is -0.356 e. The van der Waals surface area contributed by atoms with Gasteiger partial charge in [0.15, 0.2) is 0 Å². The van der Waals surface area contributed by atoms with Crippen molar-refractivity contribution in [3.8, 4) is 0 Å². The fraction of sp³-hybridized carbons (Fsp3) is 0.667. The van der Waals surface area contributed by atoms with Crippen LogP contribution < -0.4 is 9.80 Å². The Morgan fingerprint density at radius 1 is 0.773 bits per heavy atom. The van der Waals surface area contributed by atoms with Crippen molar-refractivity contribution in [1.82, 2.24) is 0 Å². The summed E-state index contributed by atoms with van der Waals surface area (Å²) < 4.78 is 11.9. The molecule has 0 aliphatic carbocycles. The third-order valence-corrected chi connectivity index (χ3v) is 5.44. The highest BCUT2D eigenvalue weighted by atomic mass is 16.5. The summed E-state index contributed by atoms with van der Waals surface area (Å²) >= 11 is 0. The first-order valence-corrected chi connectivity index (χ1v) is 8.30. The van der Waals surface area contributed by atoms with Gasteiger partial charge in [0.25, 0.3) is 0 Å². The highest BCUT2D eigenvalue weighted by Crippen LogP contribution is 2.35. The topological polar surface area (TPSA) is 24.9 Å². The number of rotatable bonds is 4. The summed E-state index contributed by atoms with van der Waals surface area (Å²) in [5, 5.41) is 0. The van der Waals surface area contributed by atoms with Crippen LogP contribution in [0.1, 0.15) is 39.5 Å². The van der Waals surface area contributed by atoms with Gasteiger partial charge in [0.1, 0.15) is 11.4 Å². The maximum atomic E-state index is 5.93. The fourth-order valence-electron chi connectivity index (χ4n) is 3.50. The minimum absolute atomic E-state index is 0.173. The van der Waals surface area contributed by atoms with Crippen LogP contribution in [0.15, 0.2) is 24.3 Å². The largest absolute Gasteiger partial charge is 0.356 e. The Balaban J connectivity index is 1.75. The van der Waals surface area contributed by atoms with Crippen LogP contribution in [0.5, 0.6) is 0 Å². The van der Waals surface area contributed by atoms with Gasteiger partial charge in [-0.15, -0.1) is 0 Å². The lowest BCUT2D eigenvalue weighted by molar-refractivity contribution is 0.0209. The van der Waals surface area contributed by atoms with Gasteiger partial charge in [-0.05, 0) is 63.8 Å². The SMILES string of the molecule is CN(c1ccc(N(C)C2(C)CCCO2)cc1)C1(C)CCCO1. The van der Waals surface area contributed by atoms with Gasteiger partial charge in [-0.3, -0.25) is 0 Å². The van der Waals surface area contributed by atoms with Gasteiger partial charge < -0.3 is 19.3 Å². The number of hydrogen-bond acceptors (Lipinski definition) is 4. The Bertz CT molecular complexity index is 455. The molecule has 122 valence electrons. The van der Waals surface area contributed by atoms with Crippen LogP contribution in [0.4, 0.5) is 11.4 Å². The quantitative estimate of drug-likeness (QED) is 0.848. The average molecular weight is 304 g/mol. The second-order valence-electron chi connectivity index (χ2n) is 6.89. The fourth-order valence-corrected chi connectivity index (χ4v) is 3.50. The molecule has 4 nitrogen and oxygen atoms in total. The zero-order valence-electron chi connectivity index (χ0n) is 14.3. The van der Waals surface area contributed by atoms with Crippen LogP contribution in [-0.2, 0) is 9.47 Å². The number of nitrogens with zero attached hydrogens (tertiary/aromatic N) is 2. The van der Waals surface area contributed by atoms with E-state index in [2.05, 4.69) is 62.0 Å². The van der Waals surface area contributed by atoms with E-state index in [1.54, 1.807) is 0 Å². The Hall–Kier alpha value is -1.26. The molecule has 1 aromatic carbocycles. The molecule has 2 unspecified atom stereocenters. The van der Waals surface area contributed by atoms with E-state index in [4.69, 9.17) is 9.47 Å². The van der Waals surface area contributed by atoms with Gasteiger partial charge in [0.2, 0.25) is 0 Å². The van der Waals surface area contributed by atoms with E-state index >= 15 is 0 Å². The molecule has 22 heavy (non-hydrogen) atoms. The number of ether oxygens (including phenoxy) is 2. The predicted molar refractivity (Wildman–Crippen MR) is 90.4 cm³/mol. The lowest BCUT2D eigenvalue weighted by atomic mass is 10.1. The molecule has 2 fully saturated rings. The highest BCUT2D eigenvalue weighted by Gasteiger charge is 2.36. The Labute approximate surface area is 134 Å². The zero-order valence-corrected chi connectivity index (χ0v) is 14.3. The molecule has 4 heteroatoms. The van der Waals surface area contributed by atoms with Gasteiger partial charge in [-0.25, -0.2) is 0 Å². The summed E-state index contributed by atoms with van der Waals surface area (Å²) in [5.41, 5.74) is 2.04. The highest BCUT2D eigenvalue weighted by molar-refractivity contribution is 5.57. The van der Waals surface area contributed by atoms with Gasteiger partial charge in [-0.1, -0.05) is 0 Å². The van der Waals surface area contributed by atoms with Crippen LogP contribution in [0.2, 0.25) is 0 Å². The second-order valence-corrected chi connectivity index (χ2v) is 6.89. The molecule has 0 radical (unpaired) electrons. The first-order chi connectivity index (χ1) is 10.4. The van der Waals surface area contributed by atoms with Crippen molar-refractivity contribution in [3.63, 3.8) is 0 Å². The van der Waals surface area contributed by atoms with E-state index in [0.717, 1.165) is 38.9 Å². The first-order valence-electron chi connectivity index (χ1n) is 8.30. The smallest absolute Gasteiger partial charge is 0.138 e. The third-order valence-electron chi connectivity index (χ3n) is 5.44. The molecule has 2 aliphatic rings. The molecule has 0 spiro atoms. The molecule has 2 saturated heterocycles. The van der Waals surface area contributed by atoms with Crippen LogP contribution in [0, 0.1) is 0 Å². The Morgan fingerprint density at radius 3 is 1.41 bits per heavy atom. The third kappa shape index (κ3) is 2.70. The van der Waals surface area contributed by atoms with Gasteiger partial charge in [-0.2, -0.15) is 0 Å². The molecule has 1 aromatic rings. The summed E-state index contributed by atoms with van der Waals surface area (Å²) in [4.78, 5) is 4.50. The molecule has 0 N–H and O–H groups in total. The summed E-state index contributed by atoms with van der Waals surface area (Å²) in [7, 11) is 4.23. The number of hydrogen-bond donors (Lipinski definition) is 0. The van der Waals surface area contributed by atoms with Crippen LogP contribution in [0.25, 0.3) is 0 Å². The van der Waals surface area contributed by atoms with Crippen molar-refractivity contribution in [3.05, 3.63) is 24.3 Å². The molecule has 0 bridgehead atoms. The van der Waals surface area contributed by atoms with E-state index < -0.39 is 0 Å². The van der Waals surface area contributed by atoms with E-state index in [0.29, 0.717) is 0 Å². The predicted octanol–water partition coefficient (Wildman–Crippen LogP) is 3.61. The van der Waals surface area contributed by atoms with Crippen molar-refractivity contribution in [2.24, 2.45) is 0 Å². The van der Waals surface area contributed by atoms with Gasteiger partial charge >= 0.3 is 0 Å². The monoisotopic (exact) mass is 304 g/mol. The van der Waals surface area contributed by atoms with E-state index in [-0.39, 0.29) is 11.4 Å². The molecule has 2 heterocycles. The van der Waals surface area contributed by atoms with E-state index in [1.807, 2.05) is 0 Å². The number of benzene rings is 1. The molecule has 2 aliphatic heterocycles. The summed E-state index contributed by atoms with van der Waals surface area (Å²) in [6.45, 7) is 6.07. The van der Waals surface area contributed by atoms with Crippen molar-refractivity contribution in [2.75, 3.05) is 37.1 Å². The second kappa shape index (κ2) is 5.74. The maximum absolute atomic E-state index is 5.93. The molecular formula is C18H28N2O2. The average Bonchev–Trinajstić information content (AvgIpc) is 3.16. The zero-order chi connectivity index (χ0) is 15.8. The maximum Gasteiger partial charge on any atom is 0.138 e. The molecule has 3 rings (SSSR count). The molecule has 2 atom stereocenters. The first kappa shape index (κ1) is 15.6. The minimum atomic E-state index is -0.173. The number of anilines is 2. The molecular weight excluding hydrogens is 276 g/mol. The lowest BCUT2D eigenvalue weighted by Gasteiger charge is -2.38. The van der Waals surface area contributed by atoms with Crippen molar-refractivity contribution >= 4 is 11.4 Å². The lowest BCUT2D eigenvalue weighted by Crippen LogP contribution is -2.44. The summed E-state index contributed by atoms with van der Waals surface area (Å²) in [6.07, 6.45) is 4.43. The van der Waals surface area contributed by atoms with Crippen molar-refractivity contribution in [2.45, 2.75) is 51.0 Å².